The van der Waals surface area contributed by atoms with Crippen LogP contribution in [0.2, 0.25) is 0 Å². The molecule has 0 unspecified atom stereocenters. The third-order valence-electron chi connectivity index (χ3n) is 4.71. The van der Waals surface area contributed by atoms with E-state index >= 15 is 0 Å². The van der Waals surface area contributed by atoms with Gasteiger partial charge >= 0.3 is 12.3 Å². The van der Waals surface area contributed by atoms with Crippen molar-refractivity contribution >= 4 is 5.97 Å². The lowest BCUT2D eigenvalue weighted by Gasteiger charge is -2.28. The van der Waals surface area contributed by atoms with Crippen molar-refractivity contribution in [3.05, 3.63) is 24.3 Å². The topological polar surface area (TPSA) is 35.5 Å². The summed E-state index contributed by atoms with van der Waals surface area (Å²) in [4.78, 5) is 11.9. The number of benzene rings is 1. The van der Waals surface area contributed by atoms with Crippen LogP contribution in [0.15, 0.2) is 24.3 Å². The fraction of sp³-hybridized carbons (Fsp3) is 0.632. The van der Waals surface area contributed by atoms with Gasteiger partial charge in [0.1, 0.15) is 11.5 Å². The highest BCUT2D eigenvalue weighted by molar-refractivity contribution is 5.72. The minimum absolute atomic E-state index is 0.228. The minimum Gasteiger partial charge on any atom is -0.427 e. The Morgan fingerprint density at radius 2 is 1.52 bits per heavy atom. The predicted molar refractivity (Wildman–Crippen MR) is 88.4 cm³/mol. The van der Waals surface area contributed by atoms with Crippen molar-refractivity contribution in [3.8, 4) is 11.5 Å². The minimum atomic E-state index is -4.73. The molecule has 140 valence electrons. The van der Waals surface area contributed by atoms with Crippen LogP contribution >= 0.6 is 0 Å². The molecule has 25 heavy (non-hydrogen) atoms. The Kier molecular flexibility index (Phi) is 7.14. The molecular weight excluding hydrogens is 333 g/mol. The second-order valence-corrected chi connectivity index (χ2v) is 6.71. The zero-order chi connectivity index (χ0) is 18.3. The first-order valence-corrected chi connectivity index (χ1v) is 8.92. The fourth-order valence-electron chi connectivity index (χ4n) is 3.43. The molecule has 0 amide bonds. The Labute approximate surface area is 146 Å². The van der Waals surface area contributed by atoms with Crippen LogP contribution in [-0.2, 0) is 4.79 Å². The van der Waals surface area contributed by atoms with E-state index in [-0.39, 0.29) is 17.5 Å². The normalized spacial score (nSPS) is 21.0. The lowest BCUT2D eigenvalue weighted by atomic mass is 9.78. The number of halogens is 3. The molecule has 0 saturated heterocycles. The number of hydrogen-bond acceptors (Lipinski definition) is 3. The van der Waals surface area contributed by atoms with Crippen molar-refractivity contribution < 1.29 is 27.4 Å². The van der Waals surface area contributed by atoms with Crippen LogP contribution < -0.4 is 9.47 Å². The summed E-state index contributed by atoms with van der Waals surface area (Å²) in [6.45, 7) is 2.21. The van der Waals surface area contributed by atoms with Crippen molar-refractivity contribution in [1.29, 1.82) is 0 Å². The number of rotatable bonds is 7. The van der Waals surface area contributed by atoms with Crippen molar-refractivity contribution in [1.82, 2.24) is 0 Å². The molecule has 0 aliphatic heterocycles. The predicted octanol–water partition coefficient (Wildman–Crippen LogP) is 5.88. The van der Waals surface area contributed by atoms with E-state index in [1.54, 1.807) is 0 Å². The van der Waals surface area contributed by atoms with Crippen LogP contribution in [0.5, 0.6) is 11.5 Å². The van der Waals surface area contributed by atoms with Gasteiger partial charge in [0, 0.05) is 6.42 Å². The fourth-order valence-corrected chi connectivity index (χ4v) is 3.43. The van der Waals surface area contributed by atoms with Crippen molar-refractivity contribution in [2.45, 2.75) is 64.7 Å². The zero-order valence-corrected chi connectivity index (χ0v) is 14.5. The Morgan fingerprint density at radius 1 is 1.00 bits per heavy atom. The first kappa shape index (κ1) is 19.6. The summed E-state index contributed by atoms with van der Waals surface area (Å²) in [5.41, 5.74) is 0. The molecule has 0 radical (unpaired) electrons. The van der Waals surface area contributed by atoms with Gasteiger partial charge in [-0.05, 0) is 42.5 Å². The summed E-state index contributed by atoms with van der Waals surface area (Å²) < 4.78 is 45.2. The Balaban J connectivity index is 1.70. The van der Waals surface area contributed by atoms with E-state index in [0.717, 1.165) is 24.5 Å². The first-order valence-electron chi connectivity index (χ1n) is 8.92. The molecule has 0 atom stereocenters. The van der Waals surface area contributed by atoms with Gasteiger partial charge in [-0.1, -0.05) is 45.4 Å². The number of carbonyl (C=O) groups excluding carboxylic acids is 1. The van der Waals surface area contributed by atoms with Gasteiger partial charge in [-0.2, -0.15) is 0 Å². The second kappa shape index (κ2) is 9.11. The Morgan fingerprint density at radius 3 is 2.04 bits per heavy atom. The molecule has 2 rings (SSSR count). The molecule has 1 saturated carbocycles. The molecule has 1 fully saturated rings. The van der Waals surface area contributed by atoms with Crippen LogP contribution in [0.4, 0.5) is 13.2 Å². The molecule has 0 spiro atoms. The third kappa shape index (κ3) is 7.36. The highest BCUT2D eigenvalue weighted by Crippen LogP contribution is 2.34. The molecule has 1 aromatic carbocycles. The molecule has 3 nitrogen and oxygen atoms in total. The maximum atomic E-state index is 12.1. The lowest BCUT2D eigenvalue weighted by molar-refractivity contribution is -0.274. The summed E-state index contributed by atoms with van der Waals surface area (Å²) >= 11 is 0. The summed E-state index contributed by atoms with van der Waals surface area (Å²) in [5.74, 6) is 0.955. The summed E-state index contributed by atoms with van der Waals surface area (Å²) in [6, 6.07) is 4.86. The lowest BCUT2D eigenvalue weighted by Crippen LogP contribution is -2.17. The van der Waals surface area contributed by atoms with E-state index < -0.39 is 6.36 Å². The molecule has 1 aromatic rings. The van der Waals surface area contributed by atoms with Gasteiger partial charge < -0.3 is 9.47 Å². The van der Waals surface area contributed by atoms with E-state index in [1.807, 2.05) is 0 Å². The van der Waals surface area contributed by atoms with Gasteiger partial charge in [-0.15, -0.1) is 13.2 Å². The largest absolute Gasteiger partial charge is 0.573 e. The second-order valence-electron chi connectivity index (χ2n) is 6.71. The number of carbonyl (C=O) groups is 1. The van der Waals surface area contributed by atoms with Crippen LogP contribution in [-0.4, -0.2) is 12.3 Å². The van der Waals surface area contributed by atoms with Crippen LogP contribution in [0.3, 0.4) is 0 Å². The highest BCUT2D eigenvalue weighted by atomic mass is 19.4. The standard InChI is InChI=1S/C19H25F3O3/c1-2-3-14-4-6-15(7-5-14)8-13-18(23)24-16-9-11-17(12-10-16)25-19(20,21)22/h9-12,14-15H,2-8,13H2,1H3/t14-,15-. The van der Waals surface area contributed by atoms with Crippen LogP contribution in [0.1, 0.15) is 58.3 Å². The average Bonchev–Trinajstić information content (AvgIpc) is 2.55. The third-order valence-corrected chi connectivity index (χ3v) is 4.71. The maximum Gasteiger partial charge on any atom is 0.573 e. The van der Waals surface area contributed by atoms with E-state index in [2.05, 4.69) is 11.7 Å². The van der Waals surface area contributed by atoms with Crippen molar-refractivity contribution in [2.75, 3.05) is 0 Å². The van der Waals surface area contributed by atoms with Gasteiger partial charge in [0.05, 0.1) is 0 Å². The Hall–Kier alpha value is -1.72. The maximum absolute atomic E-state index is 12.1. The highest BCUT2D eigenvalue weighted by Gasteiger charge is 2.31. The molecule has 0 N–H and O–H groups in total. The van der Waals surface area contributed by atoms with Gasteiger partial charge in [-0.25, -0.2) is 0 Å². The molecule has 1 aliphatic carbocycles. The van der Waals surface area contributed by atoms with E-state index in [4.69, 9.17) is 4.74 Å². The zero-order valence-electron chi connectivity index (χ0n) is 14.5. The summed E-state index contributed by atoms with van der Waals surface area (Å²) in [7, 11) is 0. The molecule has 0 heterocycles. The monoisotopic (exact) mass is 358 g/mol. The molecule has 0 aromatic heterocycles. The molecular formula is C19H25F3O3. The van der Waals surface area contributed by atoms with Crippen molar-refractivity contribution in [3.63, 3.8) is 0 Å². The van der Waals surface area contributed by atoms with Crippen LogP contribution in [0.25, 0.3) is 0 Å². The van der Waals surface area contributed by atoms with Crippen LogP contribution in [0, 0.1) is 11.8 Å². The SMILES string of the molecule is CCC[C@H]1CC[C@H](CCC(=O)Oc2ccc(OC(F)(F)F)cc2)CC1. The Bertz CT molecular complexity index is 532. The van der Waals surface area contributed by atoms with E-state index in [0.29, 0.717) is 12.3 Å². The van der Waals surface area contributed by atoms with Gasteiger partial charge in [-0.3, -0.25) is 4.79 Å². The molecule has 1 aliphatic rings. The van der Waals surface area contributed by atoms with E-state index in [1.165, 1.54) is 50.7 Å². The number of alkyl halides is 3. The number of esters is 1. The van der Waals surface area contributed by atoms with Gasteiger partial charge in [0.15, 0.2) is 0 Å². The number of hydrogen-bond donors (Lipinski definition) is 0. The summed E-state index contributed by atoms with van der Waals surface area (Å²) in [5, 5.41) is 0. The van der Waals surface area contributed by atoms with E-state index in [9.17, 15) is 18.0 Å². The van der Waals surface area contributed by atoms with Gasteiger partial charge in [0.2, 0.25) is 0 Å². The first-order chi connectivity index (χ1) is 11.9. The smallest absolute Gasteiger partial charge is 0.427 e. The quantitative estimate of drug-likeness (QED) is 0.451. The van der Waals surface area contributed by atoms with Crippen molar-refractivity contribution in [2.24, 2.45) is 11.8 Å². The van der Waals surface area contributed by atoms with Gasteiger partial charge in [0.25, 0.3) is 0 Å². The summed E-state index contributed by atoms with van der Waals surface area (Å²) in [6.07, 6.45) is 3.77. The average molecular weight is 358 g/mol. The number of ether oxygens (including phenoxy) is 2. The molecule has 6 heteroatoms. The molecule has 0 bridgehead atoms.